The number of hydrogen-bond acceptors (Lipinski definition) is 16. The van der Waals surface area contributed by atoms with Crippen LogP contribution in [0, 0.1) is 0 Å². The molecule has 3 heterocycles. The molecule has 0 bridgehead atoms. The van der Waals surface area contributed by atoms with E-state index in [0.29, 0.717) is 0 Å². The predicted octanol–water partition coefficient (Wildman–Crippen LogP) is -1.69. The van der Waals surface area contributed by atoms with Crippen molar-refractivity contribution in [3.8, 4) is 40.1 Å². The molecule has 1 aromatic heterocycles. The highest BCUT2D eigenvalue weighted by molar-refractivity contribution is 5.91. The summed E-state index contributed by atoms with van der Waals surface area (Å²) in [5.74, 6) is -4.01. The fourth-order valence-corrected chi connectivity index (χ4v) is 4.81. The van der Waals surface area contributed by atoms with Crippen LogP contribution in [-0.2, 0) is 14.2 Å². The summed E-state index contributed by atoms with van der Waals surface area (Å²) >= 11 is 0. The lowest BCUT2D eigenvalue weighted by Gasteiger charge is -2.42. The first-order chi connectivity index (χ1) is 20.3. The Labute approximate surface area is 241 Å². The molecule has 0 radical (unpaired) electrons. The summed E-state index contributed by atoms with van der Waals surface area (Å²) in [7, 11) is 0. The third kappa shape index (κ3) is 5.55. The van der Waals surface area contributed by atoms with Gasteiger partial charge >= 0.3 is 0 Å². The summed E-state index contributed by atoms with van der Waals surface area (Å²) in [5, 5.41) is 101. The van der Waals surface area contributed by atoms with E-state index in [2.05, 4.69) is 0 Å². The van der Waals surface area contributed by atoms with Crippen molar-refractivity contribution in [3.63, 3.8) is 0 Å². The first-order valence-corrected chi connectivity index (χ1v) is 13.0. The quantitative estimate of drug-likeness (QED) is 0.140. The van der Waals surface area contributed by atoms with Crippen LogP contribution in [0.1, 0.15) is 6.92 Å². The molecule has 16 heteroatoms. The predicted molar refractivity (Wildman–Crippen MR) is 140 cm³/mol. The monoisotopic (exact) mass is 610 g/mol. The van der Waals surface area contributed by atoms with Gasteiger partial charge in [0.2, 0.25) is 23.2 Å². The van der Waals surface area contributed by atoms with Crippen LogP contribution in [0.25, 0.3) is 22.3 Å². The van der Waals surface area contributed by atoms with Gasteiger partial charge in [0.15, 0.2) is 23.5 Å². The van der Waals surface area contributed by atoms with Gasteiger partial charge in [-0.15, -0.1) is 0 Å². The molecule has 2 aliphatic heterocycles. The number of benzene rings is 2. The molecule has 2 aliphatic rings. The Morgan fingerprint density at radius 3 is 2.07 bits per heavy atom. The van der Waals surface area contributed by atoms with Crippen molar-refractivity contribution < 1.29 is 74.4 Å². The Morgan fingerprint density at radius 1 is 0.767 bits per heavy atom. The van der Waals surface area contributed by atoms with Crippen LogP contribution in [0.3, 0.4) is 0 Å². The molecule has 2 fully saturated rings. The highest BCUT2D eigenvalue weighted by Gasteiger charge is 2.48. The summed E-state index contributed by atoms with van der Waals surface area (Å²) in [6.45, 7) is 0.818. The molecule has 0 aliphatic carbocycles. The van der Waals surface area contributed by atoms with Gasteiger partial charge in [-0.2, -0.15) is 0 Å². The third-order valence-corrected chi connectivity index (χ3v) is 7.33. The van der Waals surface area contributed by atoms with Crippen molar-refractivity contribution in [1.29, 1.82) is 0 Å². The van der Waals surface area contributed by atoms with Crippen molar-refractivity contribution in [2.45, 2.75) is 68.3 Å². The first-order valence-electron chi connectivity index (χ1n) is 13.0. The maximum absolute atomic E-state index is 13.6. The molecule has 5 rings (SSSR count). The highest BCUT2D eigenvalue weighted by Crippen LogP contribution is 2.43. The van der Waals surface area contributed by atoms with Gasteiger partial charge in [-0.05, 0) is 31.2 Å². The van der Waals surface area contributed by atoms with E-state index in [1.54, 1.807) is 0 Å². The molecule has 43 heavy (non-hydrogen) atoms. The van der Waals surface area contributed by atoms with E-state index in [0.717, 1.165) is 6.07 Å². The highest BCUT2D eigenvalue weighted by atomic mass is 16.7. The zero-order chi connectivity index (χ0) is 31.3. The first kappa shape index (κ1) is 30.7. The molecule has 234 valence electrons. The molecule has 16 nitrogen and oxygen atoms in total. The minimum atomic E-state index is -1.97. The fourth-order valence-electron chi connectivity index (χ4n) is 4.81. The van der Waals surface area contributed by atoms with Crippen LogP contribution in [0.15, 0.2) is 39.5 Å². The molecular formula is C27H30O16. The van der Waals surface area contributed by atoms with E-state index in [1.165, 1.54) is 31.2 Å². The minimum Gasteiger partial charge on any atom is -0.508 e. The molecule has 0 amide bonds. The number of aliphatic hydroxyl groups excluding tert-OH is 6. The van der Waals surface area contributed by atoms with Gasteiger partial charge in [-0.3, -0.25) is 4.79 Å². The smallest absolute Gasteiger partial charge is 0.239 e. The van der Waals surface area contributed by atoms with Gasteiger partial charge in [-0.25, -0.2) is 0 Å². The van der Waals surface area contributed by atoms with Gasteiger partial charge in [0.1, 0.15) is 59.4 Å². The van der Waals surface area contributed by atoms with Gasteiger partial charge in [0, 0.05) is 11.6 Å². The van der Waals surface area contributed by atoms with Gasteiger partial charge in [0.05, 0.1) is 12.7 Å². The maximum Gasteiger partial charge on any atom is 0.239 e. The van der Waals surface area contributed by atoms with E-state index in [4.69, 9.17) is 23.4 Å². The van der Waals surface area contributed by atoms with E-state index in [9.17, 15) is 55.9 Å². The van der Waals surface area contributed by atoms with Crippen LogP contribution in [0.5, 0.6) is 28.7 Å². The van der Waals surface area contributed by atoms with Crippen molar-refractivity contribution in [3.05, 3.63) is 40.6 Å². The van der Waals surface area contributed by atoms with Crippen molar-refractivity contribution in [2.24, 2.45) is 0 Å². The number of aliphatic hydroxyl groups is 6. The second-order valence-electron chi connectivity index (χ2n) is 10.2. The molecule has 10 N–H and O–H groups in total. The van der Waals surface area contributed by atoms with E-state index < -0.39 is 102 Å². The summed E-state index contributed by atoms with van der Waals surface area (Å²) in [5.41, 5.74) is -1.32. The summed E-state index contributed by atoms with van der Waals surface area (Å²) < 4.78 is 27.8. The molecule has 3 aromatic rings. The summed E-state index contributed by atoms with van der Waals surface area (Å²) in [4.78, 5) is 13.6. The second kappa shape index (κ2) is 11.8. The number of fused-ring (bicyclic) bond motifs is 1. The van der Waals surface area contributed by atoms with Crippen molar-refractivity contribution >= 4 is 11.0 Å². The lowest BCUT2D eigenvalue weighted by molar-refractivity contribution is -0.318. The number of phenols is 4. The van der Waals surface area contributed by atoms with Gasteiger partial charge in [0.25, 0.3) is 0 Å². The van der Waals surface area contributed by atoms with E-state index in [1.807, 2.05) is 0 Å². The Morgan fingerprint density at radius 2 is 1.40 bits per heavy atom. The van der Waals surface area contributed by atoms with Crippen molar-refractivity contribution in [1.82, 2.24) is 0 Å². The number of phenolic OH excluding ortho intramolecular Hbond substituents is 4. The standard InChI is InChI=1S/C27H30O16/c1-8-15(30)20(35)22(37)26(40-8)39-7-13-17(32)21(36)23(38)27(42-13)43-25-19(34)14-12(6-11(29)16(31)18(14)33)41-24(25)9-2-4-10(28)5-3-9/h2-6,8,13,15,17,20-23,26-33,35-38H,7H2,1H3/t8-,13+,15-,17+,20+,21-,22+,23+,26+,27-/m1/s1. The molecular weight excluding hydrogens is 580 g/mol. The third-order valence-electron chi connectivity index (χ3n) is 7.33. The van der Waals surface area contributed by atoms with Crippen LogP contribution in [0.4, 0.5) is 0 Å². The van der Waals surface area contributed by atoms with E-state index in [-0.39, 0.29) is 22.7 Å². The largest absolute Gasteiger partial charge is 0.508 e. The van der Waals surface area contributed by atoms with Crippen LogP contribution in [-0.4, -0.2) is 119 Å². The normalized spacial score (nSPS) is 33.0. The van der Waals surface area contributed by atoms with Gasteiger partial charge in [-0.1, -0.05) is 0 Å². The summed E-state index contributed by atoms with van der Waals surface area (Å²) in [6.07, 6.45) is -16.2. The molecule has 0 unspecified atom stereocenters. The summed E-state index contributed by atoms with van der Waals surface area (Å²) in [6, 6.07) is 6.06. The molecule has 10 atom stereocenters. The van der Waals surface area contributed by atoms with Crippen LogP contribution in [0.2, 0.25) is 0 Å². The average molecular weight is 611 g/mol. The molecule has 2 saturated heterocycles. The number of aromatic hydroxyl groups is 4. The Kier molecular flexibility index (Phi) is 8.41. The Hall–Kier alpha value is -3.71. The topological polar surface area (TPSA) is 269 Å². The Bertz CT molecular complexity index is 1520. The molecule has 0 saturated carbocycles. The lowest BCUT2D eigenvalue weighted by Crippen LogP contribution is -2.61. The van der Waals surface area contributed by atoms with Crippen molar-refractivity contribution in [2.75, 3.05) is 6.61 Å². The lowest BCUT2D eigenvalue weighted by atomic mass is 9.98. The minimum absolute atomic E-state index is 0.135. The number of rotatable bonds is 6. The fraction of sp³-hybridized carbons (Fsp3) is 0.444. The zero-order valence-electron chi connectivity index (χ0n) is 22.3. The maximum atomic E-state index is 13.6. The number of ether oxygens (including phenoxy) is 4. The van der Waals surface area contributed by atoms with Crippen LogP contribution >= 0.6 is 0 Å². The average Bonchev–Trinajstić information content (AvgIpc) is 2.98. The Balaban J connectivity index is 1.48. The molecule has 2 aromatic carbocycles. The second-order valence-corrected chi connectivity index (χ2v) is 10.2. The van der Waals surface area contributed by atoms with Crippen LogP contribution < -0.4 is 10.2 Å². The van der Waals surface area contributed by atoms with E-state index >= 15 is 0 Å². The number of hydrogen-bond donors (Lipinski definition) is 10. The van der Waals surface area contributed by atoms with Gasteiger partial charge < -0.3 is 74.4 Å². The SMILES string of the molecule is C[C@H]1O[C@H](OC[C@@H]2O[C@H](Oc3c(-c4ccc(O)cc4)oc4cc(O)c(O)c(O)c4c3=O)[C@@H](O)[C@H](O)[C@H]2O)[C@@H](O)[C@@H](O)[C@@H]1O. The molecule has 0 spiro atoms. The zero-order valence-corrected chi connectivity index (χ0v) is 22.3.